The average molecular weight is 241 g/mol. The van der Waals surface area contributed by atoms with Crippen molar-refractivity contribution >= 4 is 11.3 Å². The van der Waals surface area contributed by atoms with Gasteiger partial charge in [-0.15, -0.1) is 11.3 Å². The van der Waals surface area contributed by atoms with Crippen molar-refractivity contribution in [1.82, 2.24) is 4.90 Å². The van der Waals surface area contributed by atoms with Crippen LogP contribution >= 0.6 is 11.3 Å². The van der Waals surface area contributed by atoms with E-state index in [2.05, 4.69) is 30.2 Å². The van der Waals surface area contributed by atoms with Gasteiger partial charge in [-0.05, 0) is 36.9 Å². The van der Waals surface area contributed by atoms with E-state index in [4.69, 9.17) is 5.11 Å². The normalized spacial score (nSPS) is 11.2. The fourth-order valence-electron chi connectivity index (χ4n) is 1.77. The van der Waals surface area contributed by atoms with Gasteiger partial charge in [0.05, 0.1) is 6.61 Å². The van der Waals surface area contributed by atoms with Crippen LogP contribution in [0.4, 0.5) is 0 Å². The number of unbranched alkanes of at least 4 members (excludes halogenated alkanes) is 2. The summed E-state index contributed by atoms with van der Waals surface area (Å²) in [4.78, 5) is 3.79. The number of hydrogen-bond donors (Lipinski definition) is 1. The maximum atomic E-state index is 9.05. The van der Waals surface area contributed by atoms with E-state index in [9.17, 15) is 0 Å². The summed E-state index contributed by atoms with van der Waals surface area (Å²) < 4.78 is 0. The van der Waals surface area contributed by atoms with Crippen LogP contribution in [-0.2, 0) is 6.54 Å². The first-order valence-electron chi connectivity index (χ1n) is 6.14. The topological polar surface area (TPSA) is 23.5 Å². The molecule has 92 valence electrons. The Hall–Kier alpha value is -0.380. The SMILES string of the molecule is CCCCCN(CCO)Cc1sccc1C. The molecule has 0 amide bonds. The number of aliphatic hydroxyl groups is 1. The Morgan fingerprint density at radius 1 is 1.31 bits per heavy atom. The van der Waals surface area contributed by atoms with Crippen molar-refractivity contribution in [3.63, 3.8) is 0 Å². The minimum atomic E-state index is 0.260. The molecule has 1 rings (SSSR count). The summed E-state index contributed by atoms with van der Waals surface area (Å²) in [6.45, 7) is 7.53. The molecule has 0 spiro atoms. The summed E-state index contributed by atoms with van der Waals surface area (Å²) in [5.41, 5.74) is 1.38. The first-order chi connectivity index (χ1) is 7.77. The number of hydrogen-bond acceptors (Lipinski definition) is 3. The molecule has 0 fully saturated rings. The van der Waals surface area contributed by atoms with Crippen LogP contribution < -0.4 is 0 Å². The van der Waals surface area contributed by atoms with Crippen molar-refractivity contribution in [1.29, 1.82) is 0 Å². The van der Waals surface area contributed by atoms with Gasteiger partial charge >= 0.3 is 0 Å². The monoisotopic (exact) mass is 241 g/mol. The van der Waals surface area contributed by atoms with Crippen molar-refractivity contribution in [2.24, 2.45) is 0 Å². The quantitative estimate of drug-likeness (QED) is 0.707. The molecule has 1 heterocycles. The van der Waals surface area contributed by atoms with E-state index in [1.807, 2.05) is 11.3 Å². The lowest BCUT2D eigenvalue weighted by Crippen LogP contribution is -2.27. The molecule has 16 heavy (non-hydrogen) atoms. The van der Waals surface area contributed by atoms with Crippen LogP contribution in [0.1, 0.15) is 36.6 Å². The lowest BCUT2D eigenvalue weighted by molar-refractivity contribution is 0.188. The predicted octanol–water partition coefficient (Wildman–Crippen LogP) is 3.04. The van der Waals surface area contributed by atoms with Gasteiger partial charge in [0.15, 0.2) is 0 Å². The van der Waals surface area contributed by atoms with E-state index in [0.717, 1.165) is 19.6 Å². The van der Waals surface area contributed by atoms with Crippen LogP contribution in [-0.4, -0.2) is 29.7 Å². The molecule has 0 aliphatic carbocycles. The van der Waals surface area contributed by atoms with Gasteiger partial charge in [0, 0.05) is 18.0 Å². The molecule has 0 radical (unpaired) electrons. The fourth-order valence-corrected chi connectivity index (χ4v) is 2.71. The van der Waals surface area contributed by atoms with E-state index in [1.165, 1.54) is 29.7 Å². The van der Waals surface area contributed by atoms with Gasteiger partial charge in [-0.3, -0.25) is 4.90 Å². The van der Waals surface area contributed by atoms with Gasteiger partial charge in [0.25, 0.3) is 0 Å². The molecule has 1 aromatic heterocycles. The van der Waals surface area contributed by atoms with E-state index in [1.54, 1.807) is 0 Å². The Kier molecular flexibility index (Phi) is 6.69. The van der Waals surface area contributed by atoms with Gasteiger partial charge in [0.2, 0.25) is 0 Å². The second-order valence-electron chi connectivity index (χ2n) is 4.23. The van der Waals surface area contributed by atoms with Crippen LogP contribution in [0, 0.1) is 6.92 Å². The second kappa shape index (κ2) is 7.82. The molecule has 0 aliphatic heterocycles. The Labute approximate surface area is 103 Å². The van der Waals surface area contributed by atoms with Gasteiger partial charge in [0.1, 0.15) is 0 Å². The largest absolute Gasteiger partial charge is 0.395 e. The maximum absolute atomic E-state index is 9.05. The fraction of sp³-hybridized carbons (Fsp3) is 0.692. The third kappa shape index (κ3) is 4.64. The van der Waals surface area contributed by atoms with Crippen molar-refractivity contribution < 1.29 is 5.11 Å². The lowest BCUT2D eigenvalue weighted by atomic mass is 10.2. The van der Waals surface area contributed by atoms with E-state index in [0.29, 0.717) is 0 Å². The van der Waals surface area contributed by atoms with Gasteiger partial charge in [-0.1, -0.05) is 19.8 Å². The van der Waals surface area contributed by atoms with Crippen molar-refractivity contribution in [3.8, 4) is 0 Å². The summed E-state index contributed by atoms with van der Waals surface area (Å²) in [6.07, 6.45) is 3.78. The highest BCUT2D eigenvalue weighted by Crippen LogP contribution is 2.18. The molecule has 0 aliphatic rings. The molecule has 0 saturated carbocycles. The molecule has 0 atom stereocenters. The molecule has 3 heteroatoms. The Balaban J connectivity index is 2.41. The minimum Gasteiger partial charge on any atom is -0.395 e. The molecular weight excluding hydrogens is 218 g/mol. The first kappa shape index (κ1) is 13.7. The van der Waals surface area contributed by atoms with Crippen LogP contribution in [0.5, 0.6) is 0 Å². The number of aryl methyl sites for hydroxylation is 1. The summed E-state index contributed by atoms with van der Waals surface area (Å²) >= 11 is 1.82. The Morgan fingerprint density at radius 3 is 2.69 bits per heavy atom. The molecule has 1 N–H and O–H groups in total. The third-order valence-electron chi connectivity index (χ3n) is 2.83. The van der Waals surface area contributed by atoms with Crippen molar-refractivity contribution in [3.05, 3.63) is 21.9 Å². The van der Waals surface area contributed by atoms with E-state index >= 15 is 0 Å². The predicted molar refractivity (Wildman–Crippen MR) is 70.9 cm³/mol. The minimum absolute atomic E-state index is 0.260. The van der Waals surface area contributed by atoms with Gasteiger partial charge in [-0.2, -0.15) is 0 Å². The second-order valence-corrected chi connectivity index (χ2v) is 5.23. The zero-order chi connectivity index (χ0) is 11.8. The highest BCUT2D eigenvalue weighted by atomic mass is 32.1. The maximum Gasteiger partial charge on any atom is 0.0558 e. The number of nitrogens with zero attached hydrogens (tertiary/aromatic N) is 1. The highest BCUT2D eigenvalue weighted by Gasteiger charge is 2.07. The summed E-state index contributed by atoms with van der Waals surface area (Å²) in [5.74, 6) is 0. The standard InChI is InChI=1S/C13H23NOS/c1-3-4-5-7-14(8-9-15)11-13-12(2)6-10-16-13/h6,10,15H,3-5,7-9,11H2,1-2H3. The molecule has 0 bridgehead atoms. The van der Waals surface area contributed by atoms with Crippen molar-refractivity contribution in [2.75, 3.05) is 19.7 Å². The molecule has 1 aromatic rings. The zero-order valence-corrected chi connectivity index (χ0v) is 11.2. The molecular formula is C13H23NOS. The summed E-state index contributed by atoms with van der Waals surface area (Å²) in [7, 11) is 0. The molecule has 0 unspecified atom stereocenters. The van der Waals surface area contributed by atoms with Crippen LogP contribution in [0.2, 0.25) is 0 Å². The Bertz CT molecular complexity index is 285. The zero-order valence-electron chi connectivity index (χ0n) is 10.4. The summed E-state index contributed by atoms with van der Waals surface area (Å²) in [6, 6.07) is 2.17. The average Bonchev–Trinajstić information content (AvgIpc) is 2.65. The number of aliphatic hydroxyl groups excluding tert-OH is 1. The third-order valence-corrected chi connectivity index (χ3v) is 3.84. The summed E-state index contributed by atoms with van der Waals surface area (Å²) in [5, 5.41) is 11.2. The van der Waals surface area contributed by atoms with Gasteiger partial charge < -0.3 is 5.11 Å². The Morgan fingerprint density at radius 2 is 2.12 bits per heavy atom. The van der Waals surface area contributed by atoms with Crippen molar-refractivity contribution in [2.45, 2.75) is 39.7 Å². The highest BCUT2D eigenvalue weighted by molar-refractivity contribution is 7.10. The molecule has 0 saturated heterocycles. The van der Waals surface area contributed by atoms with Crippen LogP contribution in [0.25, 0.3) is 0 Å². The van der Waals surface area contributed by atoms with Crippen LogP contribution in [0.15, 0.2) is 11.4 Å². The van der Waals surface area contributed by atoms with Gasteiger partial charge in [-0.25, -0.2) is 0 Å². The number of thiophene rings is 1. The van der Waals surface area contributed by atoms with E-state index in [-0.39, 0.29) is 6.61 Å². The number of rotatable bonds is 8. The van der Waals surface area contributed by atoms with E-state index < -0.39 is 0 Å². The first-order valence-corrected chi connectivity index (χ1v) is 7.02. The lowest BCUT2D eigenvalue weighted by Gasteiger charge is -2.20. The van der Waals surface area contributed by atoms with Crippen LogP contribution in [0.3, 0.4) is 0 Å². The smallest absolute Gasteiger partial charge is 0.0558 e. The molecule has 0 aromatic carbocycles. The molecule has 2 nitrogen and oxygen atoms in total.